The largest absolute Gasteiger partial charge is 0.479 e. The molecule has 5 nitrogen and oxygen atoms in total. The Morgan fingerprint density at radius 3 is 2.74 bits per heavy atom. The monoisotopic (exact) mass is 259 g/mol. The molecule has 3 rings (SSSR count). The second-order valence-electron chi connectivity index (χ2n) is 4.75. The number of nitrogens with zero attached hydrogens (tertiary/aromatic N) is 2. The first-order valence-corrected chi connectivity index (χ1v) is 6.52. The van der Waals surface area contributed by atoms with Gasteiger partial charge in [-0.1, -0.05) is 24.3 Å². The van der Waals surface area contributed by atoms with Crippen molar-refractivity contribution < 1.29 is 9.90 Å². The number of rotatable bonds is 2. The van der Waals surface area contributed by atoms with Crippen LogP contribution in [-0.4, -0.2) is 48.3 Å². The summed E-state index contributed by atoms with van der Waals surface area (Å²) in [6.07, 6.45) is 3.65. The van der Waals surface area contributed by atoms with Crippen LogP contribution in [0.2, 0.25) is 0 Å². The van der Waals surface area contributed by atoms with Crippen LogP contribution in [0.1, 0.15) is 5.56 Å². The molecule has 2 aliphatic rings. The van der Waals surface area contributed by atoms with E-state index in [1.54, 1.807) is 6.08 Å². The number of aliphatic carboxylic acids is 1. The Hall–Kier alpha value is -1.85. The van der Waals surface area contributed by atoms with Crippen molar-refractivity contribution in [2.75, 3.05) is 31.2 Å². The summed E-state index contributed by atoms with van der Waals surface area (Å²) in [4.78, 5) is 11.5. The Bertz CT molecular complexity index is 509. The third-order valence-corrected chi connectivity index (χ3v) is 3.56. The summed E-state index contributed by atoms with van der Waals surface area (Å²) in [7, 11) is 0. The van der Waals surface area contributed by atoms with E-state index in [-0.39, 0.29) is 0 Å². The lowest BCUT2D eigenvalue weighted by Crippen LogP contribution is -2.58. The van der Waals surface area contributed by atoms with Crippen molar-refractivity contribution in [2.45, 2.75) is 6.04 Å². The second kappa shape index (κ2) is 5.03. The molecule has 0 amide bonds. The van der Waals surface area contributed by atoms with Gasteiger partial charge < -0.3 is 10.4 Å². The lowest BCUT2D eigenvalue weighted by molar-refractivity contribution is -0.138. The molecule has 2 aliphatic heterocycles. The van der Waals surface area contributed by atoms with Gasteiger partial charge in [0.1, 0.15) is 0 Å². The molecule has 19 heavy (non-hydrogen) atoms. The standard InChI is InChI=1S/C14H17N3O2/c18-14(19)13-6-5-11-3-1-2-4-12(11)17(13)16-9-7-15-8-10-16/h1-6,13,15H,7-10H2,(H,18,19). The Morgan fingerprint density at radius 2 is 2.00 bits per heavy atom. The number of anilines is 1. The fourth-order valence-electron chi connectivity index (χ4n) is 2.65. The average Bonchev–Trinajstić information content (AvgIpc) is 2.46. The van der Waals surface area contributed by atoms with E-state index in [0.29, 0.717) is 0 Å². The molecule has 1 atom stereocenters. The van der Waals surface area contributed by atoms with Gasteiger partial charge in [-0.05, 0) is 17.7 Å². The molecule has 1 unspecified atom stereocenters. The number of benzene rings is 1. The Kier molecular flexibility index (Phi) is 3.23. The first-order valence-electron chi connectivity index (χ1n) is 6.52. The lowest BCUT2D eigenvalue weighted by atomic mass is 10.0. The van der Waals surface area contributed by atoms with Gasteiger partial charge in [-0.2, -0.15) is 0 Å². The number of nitrogens with one attached hydrogen (secondary N) is 1. The molecule has 5 heteroatoms. The van der Waals surface area contributed by atoms with E-state index in [1.165, 1.54) is 0 Å². The molecule has 2 N–H and O–H groups in total. The van der Waals surface area contributed by atoms with Gasteiger partial charge in [-0.25, -0.2) is 9.80 Å². The van der Waals surface area contributed by atoms with Gasteiger partial charge in [0.25, 0.3) is 0 Å². The van der Waals surface area contributed by atoms with Gasteiger partial charge in [0, 0.05) is 26.2 Å². The zero-order valence-corrected chi connectivity index (χ0v) is 10.6. The highest BCUT2D eigenvalue weighted by Crippen LogP contribution is 2.30. The molecular weight excluding hydrogens is 242 g/mol. The van der Waals surface area contributed by atoms with Crippen molar-refractivity contribution >= 4 is 17.7 Å². The normalized spacial score (nSPS) is 23.2. The van der Waals surface area contributed by atoms with Crippen molar-refractivity contribution in [3.63, 3.8) is 0 Å². The number of hydrazine groups is 1. The van der Waals surface area contributed by atoms with E-state index in [0.717, 1.165) is 37.4 Å². The van der Waals surface area contributed by atoms with Crippen LogP contribution in [0.4, 0.5) is 5.69 Å². The molecule has 2 heterocycles. The highest BCUT2D eigenvalue weighted by Gasteiger charge is 2.32. The molecule has 1 saturated heterocycles. The van der Waals surface area contributed by atoms with E-state index >= 15 is 0 Å². The van der Waals surface area contributed by atoms with Gasteiger partial charge in [0.05, 0.1) is 5.69 Å². The summed E-state index contributed by atoms with van der Waals surface area (Å²) in [5, 5.41) is 16.8. The summed E-state index contributed by atoms with van der Waals surface area (Å²) in [5.74, 6) is -0.815. The van der Waals surface area contributed by atoms with Crippen LogP contribution in [0.3, 0.4) is 0 Å². The summed E-state index contributed by atoms with van der Waals surface area (Å²) in [5.41, 5.74) is 2.04. The topological polar surface area (TPSA) is 55.8 Å². The quantitative estimate of drug-likeness (QED) is 0.822. The Balaban J connectivity index is 1.99. The molecule has 0 saturated carbocycles. The Morgan fingerprint density at radius 1 is 1.26 bits per heavy atom. The minimum absolute atomic E-state index is 0.618. The van der Waals surface area contributed by atoms with Gasteiger partial charge in [0.15, 0.2) is 6.04 Å². The maximum Gasteiger partial charge on any atom is 0.331 e. The Labute approximate surface area is 112 Å². The SMILES string of the molecule is O=C(O)C1C=Cc2ccccc2N1N1CCNCC1. The fourth-order valence-corrected chi connectivity index (χ4v) is 2.65. The van der Waals surface area contributed by atoms with Crippen LogP contribution in [0.25, 0.3) is 6.08 Å². The molecule has 0 aromatic heterocycles. The predicted molar refractivity (Wildman–Crippen MR) is 73.8 cm³/mol. The number of carboxylic acid groups (broad SMARTS) is 1. The number of hydrogen-bond donors (Lipinski definition) is 2. The van der Waals surface area contributed by atoms with Gasteiger partial charge in [0.2, 0.25) is 0 Å². The molecule has 0 spiro atoms. The summed E-state index contributed by atoms with van der Waals surface area (Å²) in [6, 6.07) is 7.30. The van der Waals surface area contributed by atoms with Gasteiger partial charge in [-0.3, -0.25) is 5.01 Å². The first kappa shape index (κ1) is 12.2. The van der Waals surface area contributed by atoms with Crippen molar-refractivity contribution in [1.29, 1.82) is 0 Å². The van der Waals surface area contributed by atoms with Crippen LogP contribution < -0.4 is 10.3 Å². The molecule has 1 fully saturated rings. The number of piperazine rings is 1. The van der Waals surface area contributed by atoms with Gasteiger partial charge in [-0.15, -0.1) is 0 Å². The molecule has 0 bridgehead atoms. The number of carbonyl (C=O) groups is 1. The van der Waals surface area contributed by atoms with Crippen molar-refractivity contribution in [1.82, 2.24) is 10.3 Å². The molecular formula is C14H17N3O2. The van der Waals surface area contributed by atoms with Crippen LogP contribution in [-0.2, 0) is 4.79 Å². The van der Waals surface area contributed by atoms with Crippen molar-refractivity contribution in [3.05, 3.63) is 35.9 Å². The lowest BCUT2D eigenvalue weighted by Gasteiger charge is -2.43. The maximum atomic E-state index is 11.5. The van der Waals surface area contributed by atoms with Crippen LogP contribution in [0.15, 0.2) is 30.3 Å². The highest BCUT2D eigenvalue weighted by molar-refractivity contribution is 5.86. The number of hydrogen-bond acceptors (Lipinski definition) is 4. The maximum absolute atomic E-state index is 11.5. The van der Waals surface area contributed by atoms with Gasteiger partial charge >= 0.3 is 5.97 Å². The molecule has 0 aliphatic carbocycles. The number of para-hydroxylation sites is 1. The molecule has 1 aromatic carbocycles. The number of fused-ring (bicyclic) bond motifs is 1. The smallest absolute Gasteiger partial charge is 0.331 e. The number of carboxylic acids is 1. The second-order valence-corrected chi connectivity index (χ2v) is 4.75. The van der Waals surface area contributed by atoms with Crippen LogP contribution >= 0.6 is 0 Å². The summed E-state index contributed by atoms with van der Waals surface area (Å²) >= 11 is 0. The van der Waals surface area contributed by atoms with Crippen molar-refractivity contribution in [3.8, 4) is 0 Å². The van der Waals surface area contributed by atoms with E-state index in [2.05, 4.69) is 10.3 Å². The van der Waals surface area contributed by atoms with E-state index in [9.17, 15) is 9.90 Å². The average molecular weight is 259 g/mol. The zero-order chi connectivity index (χ0) is 13.2. The molecule has 1 aromatic rings. The molecule has 0 radical (unpaired) electrons. The third kappa shape index (κ3) is 2.22. The van der Waals surface area contributed by atoms with Crippen LogP contribution in [0.5, 0.6) is 0 Å². The highest BCUT2D eigenvalue weighted by atomic mass is 16.4. The predicted octanol–water partition coefficient (Wildman–Crippen LogP) is 0.793. The minimum Gasteiger partial charge on any atom is -0.479 e. The summed E-state index contributed by atoms with van der Waals surface area (Å²) in [6.45, 7) is 3.42. The van der Waals surface area contributed by atoms with Crippen molar-refractivity contribution in [2.24, 2.45) is 0 Å². The van der Waals surface area contributed by atoms with E-state index in [4.69, 9.17) is 0 Å². The van der Waals surface area contributed by atoms with E-state index in [1.807, 2.05) is 35.4 Å². The minimum atomic E-state index is -0.815. The summed E-state index contributed by atoms with van der Waals surface area (Å²) < 4.78 is 0. The molecule has 100 valence electrons. The van der Waals surface area contributed by atoms with E-state index < -0.39 is 12.0 Å². The third-order valence-electron chi connectivity index (χ3n) is 3.56. The fraction of sp³-hybridized carbons (Fsp3) is 0.357. The van der Waals surface area contributed by atoms with Crippen LogP contribution in [0, 0.1) is 0 Å². The first-order chi connectivity index (χ1) is 9.27. The zero-order valence-electron chi connectivity index (χ0n) is 10.6.